The second-order valence-electron chi connectivity index (χ2n) is 4.97. The fourth-order valence-electron chi connectivity index (χ4n) is 2.52. The molecule has 7 nitrogen and oxygen atoms in total. The van der Waals surface area contributed by atoms with Gasteiger partial charge in [0.05, 0.1) is 18.8 Å². The van der Waals surface area contributed by atoms with Gasteiger partial charge < -0.3 is 15.3 Å². The lowest BCUT2D eigenvalue weighted by molar-refractivity contribution is -0.139. The third kappa shape index (κ3) is 2.55. The van der Waals surface area contributed by atoms with E-state index in [-0.39, 0.29) is 10.8 Å². The molecule has 1 aromatic rings. The Bertz CT molecular complexity index is 670. The van der Waals surface area contributed by atoms with Gasteiger partial charge in [-0.2, -0.15) is 13.2 Å². The molecule has 22 heavy (non-hydrogen) atoms. The molecule has 0 amide bonds. The van der Waals surface area contributed by atoms with Crippen molar-refractivity contribution in [1.82, 2.24) is 9.55 Å². The van der Waals surface area contributed by atoms with Crippen LogP contribution >= 0.6 is 0 Å². The number of rotatable bonds is 2. The number of hydrogen-bond donors (Lipinski definition) is 4. The van der Waals surface area contributed by atoms with Crippen molar-refractivity contribution in [1.29, 1.82) is 0 Å². The third-order valence-corrected chi connectivity index (χ3v) is 3.68. The fourth-order valence-corrected chi connectivity index (χ4v) is 2.52. The Hall–Kier alpha value is -1.72. The van der Waals surface area contributed by atoms with E-state index in [9.17, 15) is 37.4 Å². The molecule has 0 aromatic carbocycles. The quantitative estimate of drug-likeness (QED) is 0.508. The van der Waals surface area contributed by atoms with Gasteiger partial charge >= 0.3 is 11.9 Å². The Balaban J connectivity index is 2.58. The molecule has 4 N–H and O–H groups in total. The molecule has 1 saturated carbocycles. The maximum absolute atomic E-state index is 14.1. The van der Waals surface area contributed by atoms with E-state index < -0.39 is 59.9 Å². The summed E-state index contributed by atoms with van der Waals surface area (Å²) in [6.45, 7) is -0.875. The first-order valence-corrected chi connectivity index (χ1v) is 6.13. The Morgan fingerprint density at radius 1 is 1.23 bits per heavy atom. The Kier molecular flexibility index (Phi) is 4.15. The van der Waals surface area contributed by atoms with E-state index in [0.29, 0.717) is 0 Å². The third-order valence-electron chi connectivity index (χ3n) is 3.68. The SMILES string of the molecule is O=c1[nH]c(=O)n([C@@H]2C(O)C(O)[C@H](CO)[C@H]2F)cc1C(F)(F)F. The summed E-state index contributed by atoms with van der Waals surface area (Å²) < 4.78 is 52.4. The van der Waals surface area contributed by atoms with Gasteiger partial charge in [-0.25, -0.2) is 9.18 Å². The van der Waals surface area contributed by atoms with E-state index in [1.807, 2.05) is 0 Å². The molecule has 0 aliphatic heterocycles. The normalized spacial score (nSPS) is 32.4. The minimum absolute atomic E-state index is 0.0914. The highest BCUT2D eigenvalue weighted by Gasteiger charge is 2.51. The van der Waals surface area contributed by atoms with Crippen molar-refractivity contribution < 1.29 is 32.9 Å². The maximum atomic E-state index is 14.1. The molecule has 0 radical (unpaired) electrons. The van der Waals surface area contributed by atoms with Crippen molar-refractivity contribution in [3.63, 3.8) is 0 Å². The summed E-state index contributed by atoms with van der Waals surface area (Å²) in [4.78, 5) is 24.2. The number of aliphatic hydroxyl groups excluding tert-OH is 3. The molecule has 2 rings (SSSR count). The fraction of sp³-hybridized carbons (Fsp3) is 0.636. The number of H-pyrrole nitrogens is 1. The van der Waals surface area contributed by atoms with Crippen molar-refractivity contribution in [3.8, 4) is 0 Å². The molecule has 1 aliphatic rings. The number of alkyl halides is 4. The summed E-state index contributed by atoms with van der Waals surface area (Å²) in [7, 11) is 0. The lowest BCUT2D eigenvalue weighted by atomic mass is 10.1. The van der Waals surface area contributed by atoms with Crippen LogP contribution in [0.5, 0.6) is 0 Å². The van der Waals surface area contributed by atoms with Crippen LogP contribution in [0.3, 0.4) is 0 Å². The molecular weight excluding hydrogens is 316 g/mol. The van der Waals surface area contributed by atoms with E-state index in [4.69, 9.17) is 5.11 Å². The zero-order chi connectivity index (χ0) is 16.8. The first-order valence-electron chi connectivity index (χ1n) is 6.13. The van der Waals surface area contributed by atoms with Gasteiger partial charge in [-0.15, -0.1) is 0 Å². The number of nitrogens with one attached hydrogen (secondary N) is 1. The van der Waals surface area contributed by atoms with E-state index >= 15 is 0 Å². The largest absolute Gasteiger partial charge is 0.423 e. The van der Waals surface area contributed by atoms with Crippen molar-refractivity contribution >= 4 is 0 Å². The molecule has 11 heteroatoms. The van der Waals surface area contributed by atoms with Crippen LogP contribution in [0.15, 0.2) is 15.8 Å². The van der Waals surface area contributed by atoms with Gasteiger partial charge in [-0.3, -0.25) is 14.3 Å². The predicted molar refractivity (Wildman–Crippen MR) is 62.8 cm³/mol. The number of hydrogen-bond acceptors (Lipinski definition) is 5. The molecule has 2 unspecified atom stereocenters. The maximum Gasteiger partial charge on any atom is 0.423 e. The molecule has 1 fully saturated rings. The second kappa shape index (κ2) is 5.48. The van der Waals surface area contributed by atoms with Crippen LogP contribution in [0.2, 0.25) is 0 Å². The van der Waals surface area contributed by atoms with Crippen LogP contribution in [-0.4, -0.2) is 49.9 Å². The highest BCUT2D eigenvalue weighted by molar-refractivity contribution is 5.12. The summed E-state index contributed by atoms with van der Waals surface area (Å²) in [6.07, 6.45) is -10.9. The predicted octanol–water partition coefficient (Wildman–Crippen LogP) is -1.22. The van der Waals surface area contributed by atoms with Crippen LogP contribution in [-0.2, 0) is 6.18 Å². The van der Waals surface area contributed by atoms with Crippen LogP contribution in [0.1, 0.15) is 11.6 Å². The average molecular weight is 328 g/mol. The van der Waals surface area contributed by atoms with Crippen LogP contribution in [0.25, 0.3) is 0 Å². The van der Waals surface area contributed by atoms with Crippen molar-refractivity contribution in [3.05, 3.63) is 32.6 Å². The second-order valence-corrected chi connectivity index (χ2v) is 4.97. The molecule has 0 spiro atoms. The van der Waals surface area contributed by atoms with Crippen molar-refractivity contribution in [2.45, 2.75) is 30.6 Å². The molecule has 0 bridgehead atoms. The molecule has 0 saturated heterocycles. The first-order chi connectivity index (χ1) is 10.1. The molecule has 1 aliphatic carbocycles. The summed E-state index contributed by atoms with van der Waals surface area (Å²) in [5.41, 5.74) is -4.81. The topological polar surface area (TPSA) is 116 Å². The molecule has 5 atom stereocenters. The summed E-state index contributed by atoms with van der Waals surface area (Å²) >= 11 is 0. The molecule has 1 heterocycles. The summed E-state index contributed by atoms with van der Waals surface area (Å²) in [5.74, 6) is -1.46. The van der Waals surface area contributed by atoms with Crippen molar-refractivity contribution in [2.24, 2.45) is 5.92 Å². The lowest BCUT2D eigenvalue weighted by Gasteiger charge is -2.21. The number of aromatic nitrogens is 2. The minimum Gasteiger partial charge on any atom is -0.396 e. The van der Waals surface area contributed by atoms with Gasteiger partial charge in [0.2, 0.25) is 0 Å². The van der Waals surface area contributed by atoms with Crippen LogP contribution in [0.4, 0.5) is 17.6 Å². The Morgan fingerprint density at radius 2 is 1.82 bits per heavy atom. The Labute approximate surface area is 119 Å². The van der Waals surface area contributed by atoms with E-state index in [2.05, 4.69) is 0 Å². The number of nitrogens with zero attached hydrogens (tertiary/aromatic N) is 1. The zero-order valence-corrected chi connectivity index (χ0v) is 10.8. The van der Waals surface area contributed by atoms with Gasteiger partial charge in [0.15, 0.2) is 0 Å². The Morgan fingerprint density at radius 3 is 2.27 bits per heavy atom. The molecule has 1 aromatic heterocycles. The van der Waals surface area contributed by atoms with Gasteiger partial charge in [0.1, 0.15) is 17.8 Å². The van der Waals surface area contributed by atoms with Gasteiger partial charge in [0, 0.05) is 12.1 Å². The summed E-state index contributed by atoms with van der Waals surface area (Å²) in [6, 6.07) is -1.86. The average Bonchev–Trinajstić information content (AvgIpc) is 2.60. The van der Waals surface area contributed by atoms with Crippen molar-refractivity contribution in [2.75, 3.05) is 6.61 Å². The molecule has 124 valence electrons. The van der Waals surface area contributed by atoms with Gasteiger partial charge in [-0.1, -0.05) is 0 Å². The van der Waals surface area contributed by atoms with E-state index in [1.54, 1.807) is 0 Å². The molecular formula is C11H12F4N2O5. The lowest BCUT2D eigenvalue weighted by Crippen LogP contribution is -2.41. The first kappa shape index (κ1) is 16.6. The monoisotopic (exact) mass is 328 g/mol. The van der Waals surface area contributed by atoms with Gasteiger partial charge in [-0.05, 0) is 0 Å². The summed E-state index contributed by atoms with van der Waals surface area (Å²) in [5, 5.41) is 28.3. The van der Waals surface area contributed by atoms with Gasteiger partial charge in [0.25, 0.3) is 5.56 Å². The zero-order valence-electron chi connectivity index (χ0n) is 10.8. The van der Waals surface area contributed by atoms with E-state index in [0.717, 1.165) is 0 Å². The van der Waals surface area contributed by atoms with E-state index in [1.165, 1.54) is 4.98 Å². The highest BCUT2D eigenvalue weighted by Crippen LogP contribution is 2.37. The smallest absolute Gasteiger partial charge is 0.396 e. The standard InChI is InChI=1S/C11H12F4N2O5/c12-5-3(2-18)7(19)8(20)6(5)17-1-4(11(13,14)15)9(21)16-10(17)22/h1,3,5-8,18-20H,2H2,(H,16,21,22)/t3-,5-,6+,7?,8?/m1/s1. The van der Waals surface area contributed by atoms with Crippen LogP contribution < -0.4 is 11.2 Å². The van der Waals surface area contributed by atoms with Crippen LogP contribution in [0, 0.1) is 5.92 Å². The number of halogens is 4. The highest BCUT2D eigenvalue weighted by atomic mass is 19.4. The minimum atomic E-state index is -5.09. The number of aliphatic hydroxyl groups is 3. The number of aromatic amines is 1.